The molecule has 4 aromatic rings. The zero-order chi connectivity index (χ0) is 26.4. The van der Waals surface area contributed by atoms with Gasteiger partial charge in [0.1, 0.15) is 17.0 Å². The summed E-state index contributed by atoms with van der Waals surface area (Å²) in [6.07, 6.45) is -1.75. The highest BCUT2D eigenvalue weighted by molar-refractivity contribution is 7.93. The number of sulfonamides is 1. The molecule has 0 saturated carbocycles. The number of anilines is 1. The Hall–Kier alpha value is -3.30. The van der Waals surface area contributed by atoms with E-state index in [-0.39, 0.29) is 28.8 Å². The Morgan fingerprint density at radius 3 is 2.78 bits per heavy atom. The molecule has 1 aliphatic rings. The van der Waals surface area contributed by atoms with Gasteiger partial charge in [0, 0.05) is 29.7 Å². The van der Waals surface area contributed by atoms with Crippen LogP contribution in [0.25, 0.3) is 11.1 Å². The van der Waals surface area contributed by atoms with Crippen molar-refractivity contribution in [2.45, 2.75) is 42.9 Å². The summed E-state index contributed by atoms with van der Waals surface area (Å²) in [5.41, 5.74) is 2.35. The number of nitrogens with zero attached hydrogens (tertiary/aromatic N) is 3. The van der Waals surface area contributed by atoms with Gasteiger partial charge < -0.3 is 9.73 Å². The minimum Gasteiger partial charge on any atom is -0.408 e. The van der Waals surface area contributed by atoms with Crippen molar-refractivity contribution in [1.29, 1.82) is 0 Å². The summed E-state index contributed by atoms with van der Waals surface area (Å²) in [4.78, 5) is 15.6. The first-order valence-corrected chi connectivity index (χ1v) is 13.3. The molecule has 1 atom stereocenters. The van der Waals surface area contributed by atoms with Gasteiger partial charge in [-0.2, -0.15) is 17.5 Å². The fourth-order valence-electron chi connectivity index (χ4n) is 4.42. The van der Waals surface area contributed by atoms with Gasteiger partial charge in [-0.1, -0.05) is 18.2 Å². The van der Waals surface area contributed by atoms with E-state index in [0.29, 0.717) is 24.8 Å². The van der Waals surface area contributed by atoms with Crippen molar-refractivity contribution in [2.24, 2.45) is 0 Å². The van der Waals surface area contributed by atoms with Gasteiger partial charge in [0.25, 0.3) is 10.0 Å². The highest BCUT2D eigenvalue weighted by Crippen LogP contribution is 2.28. The van der Waals surface area contributed by atoms with Crippen molar-refractivity contribution >= 4 is 37.8 Å². The molecule has 0 aliphatic heterocycles. The van der Waals surface area contributed by atoms with Gasteiger partial charge in [-0.05, 0) is 36.0 Å². The number of rotatable bonds is 7. The number of hydrogen-bond acceptors (Lipinski definition) is 8. The van der Waals surface area contributed by atoms with E-state index in [2.05, 4.69) is 19.4 Å². The number of oxazole rings is 1. The first kappa shape index (κ1) is 25.4. The lowest BCUT2D eigenvalue weighted by Crippen LogP contribution is -2.40. The first-order chi connectivity index (χ1) is 17.5. The fraction of sp³-hybridized carbons (Fsp3) is 0.318. The first-order valence-electron chi connectivity index (χ1n) is 11.0. The van der Waals surface area contributed by atoms with Gasteiger partial charge >= 0.3 is 11.9 Å². The summed E-state index contributed by atoms with van der Waals surface area (Å²) in [6.45, 7) is -1.13. The lowest BCUT2D eigenvalue weighted by molar-refractivity contribution is -0.126. The zero-order valence-corrected chi connectivity index (χ0v) is 20.5. The van der Waals surface area contributed by atoms with Crippen molar-refractivity contribution < 1.29 is 30.4 Å². The second-order valence-electron chi connectivity index (χ2n) is 8.55. The van der Waals surface area contributed by atoms with Crippen LogP contribution in [-0.4, -0.2) is 41.1 Å². The van der Waals surface area contributed by atoms with E-state index in [1.54, 1.807) is 12.1 Å². The van der Waals surface area contributed by atoms with E-state index in [1.165, 1.54) is 0 Å². The number of hydrogen-bond donors (Lipinski definition) is 2. The Morgan fingerprint density at radius 2 is 2.05 bits per heavy atom. The van der Waals surface area contributed by atoms with Crippen LogP contribution in [0.3, 0.4) is 0 Å². The molecule has 5 rings (SSSR count). The number of fused-ring (bicyclic) bond motifs is 2. The third kappa shape index (κ3) is 5.38. The number of aromatic nitrogens is 3. The van der Waals surface area contributed by atoms with E-state index in [0.717, 1.165) is 45.7 Å². The number of benzene rings is 2. The molecule has 0 spiro atoms. The third-order valence-corrected chi connectivity index (χ3v) is 8.16. The molecule has 0 fully saturated rings. The molecule has 2 N–H and O–H groups in total. The van der Waals surface area contributed by atoms with Crippen LogP contribution >= 0.6 is 11.5 Å². The molecule has 9 nitrogen and oxygen atoms in total. The lowest BCUT2D eigenvalue weighted by Gasteiger charge is -2.28. The van der Waals surface area contributed by atoms with Crippen molar-refractivity contribution in [1.82, 2.24) is 19.2 Å². The normalized spacial score (nSPS) is 16.2. The Bertz CT molecular complexity index is 1610. The Labute approximate surface area is 211 Å². The molecule has 2 aromatic heterocycles. The van der Waals surface area contributed by atoms with Crippen LogP contribution in [0.5, 0.6) is 0 Å². The highest BCUT2D eigenvalue weighted by atomic mass is 32.2. The number of nitrogens with one attached hydrogen (secondary N) is 2. The molecule has 0 amide bonds. The van der Waals surface area contributed by atoms with E-state index >= 15 is 0 Å². The Balaban J connectivity index is 1.45. The largest absolute Gasteiger partial charge is 0.420 e. The van der Waals surface area contributed by atoms with Crippen molar-refractivity contribution in [3.05, 3.63) is 69.7 Å². The van der Waals surface area contributed by atoms with Crippen LogP contribution in [0.1, 0.15) is 23.1 Å². The van der Waals surface area contributed by atoms with E-state index in [1.807, 2.05) is 6.07 Å². The molecule has 37 heavy (non-hydrogen) atoms. The van der Waals surface area contributed by atoms with E-state index in [9.17, 15) is 30.8 Å². The molecular formula is C22H19F4N5O4S2. The molecule has 0 radical (unpaired) electrons. The second kappa shape index (κ2) is 9.54. The summed E-state index contributed by atoms with van der Waals surface area (Å²) >= 11 is 0.766. The smallest absolute Gasteiger partial charge is 0.408 e. The maximum absolute atomic E-state index is 15.0. The van der Waals surface area contributed by atoms with Gasteiger partial charge in [0.2, 0.25) is 5.13 Å². The summed E-state index contributed by atoms with van der Waals surface area (Å²) in [6, 6.07) is 6.85. The molecule has 15 heteroatoms. The maximum atomic E-state index is 15.0. The number of halogens is 4. The molecule has 1 aliphatic carbocycles. The Morgan fingerprint density at radius 1 is 1.24 bits per heavy atom. The van der Waals surface area contributed by atoms with Crippen LogP contribution < -0.4 is 15.8 Å². The van der Waals surface area contributed by atoms with E-state index < -0.39 is 39.2 Å². The van der Waals surface area contributed by atoms with Crippen molar-refractivity contribution in [3.63, 3.8) is 0 Å². The average molecular weight is 558 g/mol. The predicted octanol–water partition coefficient (Wildman–Crippen LogP) is 3.44. The molecule has 0 bridgehead atoms. The topological polar surface area (TPSA) is 119 Å². The van der Waals surface area contributed by atoms with Crippen LogP contribution in [0.15, 0.2) is 50.8 Å². The number of aryl methyl sites for hydroxylation is 1. The maximum Gasteiger partial charge on any atom is 0.420 e. The third-order valence-electron chi connectivity index (χ3n) is 6.10. The minimum atomic E-state index is -4.38. The van der Waals surface area contributed by atoms with Gasteiger partial charge in [-0.25, -0.2) is 22.6 Å². The SMILES string of the molecule is O=c1oc2cc(S(=O)(=O)Nc3ncns3)c(F)cc2n1Cc1cccc2c1CC(NCC(F)(F)F)CC2. The molecule has 1 unspecified atom stereocenters. The van der Waals surface area contributed by atoms with Crippen LogP contribution in [0.4, 0.5) is 22.7 Å². The van der Waals surface area contributed by atoms with Gasteiger partial charge in [0.15, 0.2) is 5.58 Å². The van der Waals surface area contributed by atoms with Crippen molar-refractivity contribution in [3.8, 4) is 0 Å². The van der Waals surface area contributed by atoms with Crippen LogP contribution in [-0.2, 0) is 29.4 Å². The summed E-state index contributed by atoms with van der Waals surface area (Å²) in [7, 11) is -4.38. The monoisotopic (exact) mass is 557 g/mol. The minimum absolute atomic E-state index is 0.0322. The van der Waals surface area contributed by atoms with Gasteiger partial charge in [-0.3, -0.25) is 9.29 Å². The summed E-state index contributed by atoms with van der Waals surface area (Å²) in [5.74, 6) is -1.94. The molecule has 2 heterocycles. The second-order valence-corrected chi connectivity index (χ2v) is 11.0. The van der Waals surface area contributed by atoms with Crippen LogP contribution in [0, 0.1) is 5.82 Å². The zero-order valence-electron chi connectivity index (χ0n) is 18.9. The molecular weight excluding hydrogens is 538 g/mol. The predicted molar refractivity (Wildman–Crippen MR) is 127 cm³/mol. The Kier molecular flexibility index (Phi) is 6.53. The van der Waals surface area contributed by atoms with Gasteiger partial charge in [0.05, 0.1) is 18.6 Å². The lowest BCUT2D eigenvalue weighted by atomic mass is 9.85. The summed E-state index contributed by atoms with van der Waals surface area (Å²) < 4.78 is 90.4. The molecule has 2 aromatic carbocycles. The standard InChI is InChI=1S/C22H19F4N5O4S2/c23-16-7-17-18(8-19(16)37(33,34)30-20-28-11-29-36-20)35-21(32)31(17)9-13-3-1-2-12-4-5-14(6-15(12)13)27-10-22(24,25)26/h1-3,7-8,11,14,27H,4-6,9-10H2,(H,28,29,30). The average Bonchev–Trinajstić information content (AvgIpc) is 3.44. The molecule has 0 saturated heterocycles. The molecule has 196 valence electrons. The van der Waals surface area contributed by atoms with Crippen LogP contribution in [0.2, 0.25) is 0 Å². The highest BCUT2D eigenvalue weighted by Gasteiger charge is 2.30. The summed E-state index contributed by atoms with van der Waals surface area (Å²) in [5, 5.41) is 2.48. The number of alkyl halides is 3. The quantitative estimate of drug-likeness (QED) is 0.334. The van der Waals surface area contributed by atoms with Crippen molar-refractivity contribution in [2.75, 3.05) is 11.3 Å². The van der Waals surface area contributed by atoms with Gasteiger partial charge in [-0.15, -0.1) is 0 Å². The van der Waals surface area contributed by atoms with E-state index in [4.69, 9.17) is 4.42 Å². The fourth-order valence-corrected chi connectivity index (χ4v) is 6.16.